The van der Waals surface area contributed by atoms with Crippen LogP contribution >= 0.6 is 0 Å². The number of nitrogens with one attached hydrogen (secondary N) is 2. The van der Waals surface area contributed by atoms with E-state index >= 15 is 0 Å². The Morgan fingerprint density at radius 1 is 1.00 bits per heavy atom. The molecule has 13 heavy (non-hydrogen) atoms. The summed E-state index contributed by atoms with van der Waals surface area (Å²) in [5.41, 5.74) is 0. The molecule has 0 heterocycles. The van der Waals surface area contributed by atoms with Crippen molar-refractivity contribution in [1.29, 1.82) is 0 Å². The molecular weight excluding hydrogens is 168 g/mol. The maximum atomic E-state index is 9.10. The van der Waals surface area contributed by atoms with Crippen LogP contribution in [-0.4, -0.2) is 22.7 Å². The molecule has 4 nitrogen and oxygen atoms in total. The molecule has 0 rings (SSSR count). The fourth-order valence-electron chi connectivity index (χ4n) is 0.596. The molecule has 2 unspecified atom stereocenters. The van der Waals surface area contributed by atoms with Crippen molar-refractivity contribution in [3.05, 3.63) is 44.1 Å². The van der Waals surface area contributed by atoms with Crippen molar-refractivity contribution in [1.82, 2.24) is 10.6 Å². The van der Waals surface area contributed by atoms with Crippen LogP contribution in [0.1, 0.15) is 0 Å². The van der Waals surface area contributed by atoms with Crippen LogP contribution in [0, 0.1) is 6.17 Å². The average molecular weight is 183 g/mol. The molecule has 0 aromatic heterocycles. The van der Waals surface area contributed by atoms with Crippen LogP contribution in [-0.2, 0) is 0 Å². The Bertz CT molecular complexity index is 166. The zero-order chi connectivity index (χ0) is 10.3. The minimum atomic E-state index is -0.877. The van der Waals surface area contributed by atoms with Crippen molar-refractivity contribution >= 4 is 0 Å². The predicted octanol–water partition coefficient (Wildman–Crippen LogP) is -0.150. The lowest BCUT2D eigenvalue weighted by Gasteiger charge is -2.19. The highest BCUT2D eigenvalue weighted by Gasteiger charge is 2.10. The van der Waals surface area contributed by atoms with Crippen molar-refractivity contribution in [3.63, 3.8) is 0 Å². The third-order valence-corrected chi connectivity index (χ3v) is 1.26. The highest BCUT2D eigenvalue weighted by atomic mass is 16.3. The first kappa shape index (κ1) is 12.1. The molecule has 0 saturated heterocycles. The van der Waals surface area contributed by atoms with E-state index in [9.17, 15) is 0 Å². The average Bonchev–Trinajstić information content (AvgIpc) is 2.16. The van der Waals surface area contributed by atoms with Crippen LogP contribution in [0.4, 0.5) is 0 Å². The minimum absolute atomic E-state index is 0.403. The van der Waals surface area contributed by atoms with E-state index in [1.807, 2.05) is 0 Å². The van der Waals surface area contributed by atoms with E-state index in [2.05, 4.69) is 30.4 Å². The van der Waals surface area contributed by atoms with Gasteiger partial charge < -0.3 is 10.2 Å². The van der Waals surface area contributed by atoms with Gasteiger partial charge in [-0.1, -0.05) is 25.8 Å². The molecule has 73 valence electrons. The van der Waals surface area contributed by atoms with Crippen molar-refractivity contribution in [3.8, 4) is 0 Å². The second-order valence-corrected chi connectivity index (χ2v) is 2.27. The predicted molar refractivity (Wildman–Crippen MR) is 52.1 cm³/mol. The molecule has 0 aliphatic rings. The Labute approximate surface area is 78.3 Å². The molecule has 0 amide bonds. The van der Waals surface area contributed by atoms with E-state index in [0.717, 1.165) is 0 Å². The van der Waals surface area contributed by atoms with Gasteiger partial charge in [-0.3, -0.25) is 10.6 Å². The highest BCUT2D eigenvalue weighted by Crippen LogP contribution is 1.95. The summed E-state index contributed by atoms with van der Waals surface area (Å²) in [5, 5.41) is 23.4. The maximum absolute atomic E-state index is 9.10. The van der Waals surface area contributed by atoms with Crippen molar-refractivity contribution in [2.75, 3.05) is 0 Å². The molecule has 0 aliphatic heterocycles. The van der Waals surface area contributed by atoms with Crippen LogP contribution in [0.25, 0.3) is 0 Å². The van der Waals surface area contributed by atoms with E-state index in [0.29, 0.717) is 6.17 Å². The Hall–Kier alpha value is -0.940. The zero-order valence-electron chi connectivity index (χ0n) is 7.40. The van der Waals surface area contributed by atoms with E-state index in [-0.39, 0.29) is 0 Å². The Morgan fingerprint density at radius 2 is 1.38 bits per heavy atom. The normalized spacial score (nSPS) is 15.0. The van der Waals surface area contributed by atoms with Gasteiger partial charge >= 0.3 is 0 Å². The van der Waals surface area contributed by atoms with Gasteiger partial charge in [-0.15, -0.1) is 0 Å². The van der Waals surface area contributed by atoms with Crippen LogP contribution < -0.4 is 10.6 Å². The van der Waals surface area contributed by atoms with Crippen molar-refractivity contribution < 1.29 is 10.2 Å². The van der Waals surface area contributed by atoms with Gasteiger partial charge in [0.25, 0.3) is 0 Å². The Morgan fingerprint density at radius 3 is 1.62 bits per heavy atom. The fraction of sp³-hybridized carbons (Fsp3) is 0.222. The summed E-state index contributed by atoms with van der Waals surface area (Å²) < 4.78 is 0. The largest absolute Gasteiger partial charge is 0.375 e. The van der Waals surface area contributed by atoms with Crippen LogP contribution in [0.5, 0.6) is 0 Å². The van der Waals surface area contributed by atoms with E-state index in [4.69, 9.17) is 10.2 Å². The van der Waals surface area contributed by atoms with Crippen molar-refractivity contribution in [2.24, 2.45) is 0 Å². The molecule has 0 aromatic rings. The van der Waals surface area contributed by atoms with E-state index < -0.39 is 12.5 Å². The number of hydrogen-bond acceptors (Lipinski definition) is 4. The quantitative estimate of drug-likeness (QED) is 0.327. The van der Waals surface area contributed by atoms with Gasteiger partial charge in [-0.05, 0) is 12.2 Å². The number of hydrogen-bond donors (Lipinski definition) is 4. The van der Waals surface area contributed by atoms with E-state index in [1.165, 1.54) is 18.2 Å². The molecule has 0 aromatic carbocycles. The van der Waals surface area contributed by atoms with Gasteiger partial charge in [0.2, 0.25) is 0 Å². The zero-order valence-corrected chi connectivity index (χ0v) is 7.40. The fourth-order valence-corrected chi connectivity index (χ4v) is 0.596. The SMILES string of the molecule is C=C[C](NC(O)C=C)NC(O)C=C. The van der Waals surface area contributed by atoms with Gasteiger partial charge in [-0.25, -0.2) is 0 Å². The second-order valence-electron chi connectivity index (χ2n) is 2.27. The lowest BCUT2D eigenvalue weighted by Crippen LogP contribution is -2.42. The Kier molecular flexibility index (Phi) is 6.09. The lowest BCUT2D eigenvalue weighted by molar-refractivity contribution is 0.156. The third kappa shape index (κ3) is 5.32. The van der Waals surface area contributed by atoms with Gasteiger partial charge in [0.15, 0.2) is 0 Å². The standard InChI is InChI=1S/C9H15N2O2/c1-4-7(10-8(12)5-2)11-9(13)6-3/h4-6,8-13H,1-3H2. The minimum Gasteiger partial charge on any atom is -0.375 e. The second kappa shape index (κ2) is 6.56. The van der Waals surface area contributed by atoms with Gasteiger partial charge in [-0.2, -0.15) is 0 Å². The Balaban J connectivity index is 3.95. The lowest BCUT2D eigenvalue weighted by atomic mass is 10.4. The molecule has 0 fully saturated rings. The van der Waals surface area contributed by atoms with Gasteiger partial charge in [0.1, 0.15) is 18.6 Å². The van der Waals surface area contributed by atoms with Crippen LogP contribution in [0.3, 0.4) is 0 Å². The highest BCUT2D eigenvalue weighted by molar-refractivity contribution is 5.05. The summed E-state index contributed by atoms with van der Waals surface area (Å²) in [6.07, 6.45) is 2.70. The summed E-state index contributed by atoms with van der Waals surface area (Å²) >= 11 is 0. The van der Waals surface area contributed by atoms with Crippen LogP contribution in [0.2, 0.25) is 0 Å². The number of rotatable bonds is 7. The van der Waals surface area contributed by atoms with Gasteiger partial charge in [0.05, 0.1) is 0 Å². The summed E-state index contributed by atoms with van der Waals surface area (Å²) in [4.78, 5) is 0. The van der Waals surface area contributed by atoms with Crippen LogP contribution in [0.15, 0.2) is 38.0 Å². The maximum Gasteiger partial charge on any atom is 0.128 e. The summed E-state index contributed by atoms with van der Waals surface area (Å²) in [6.45, 7) is 10.2. The van der Waals surface area contributed by atoms with E-state index in [1.54, 1.807) is 0 Å². The topological polar surface area (TPSA) is 64.5 Å². The molecule has 2 atom stereocenters. The molecular formula is C9H15N2O2. The smallest absolute Gasteiger partial charge is 0.128 e. The first-order valence-electron chi connectivity index (χ1n) is 3.77. The number of aliphatic hydroxyl groups is 2. The molecule has 0 aliphatic carbocycles. The molecule has 4 N–H and O–H groups in total. The van der Waals surface area contributed by atoms with Crippen molar-refractivity contribution in [2.45, 2.75) is 12.5 Å². The molecule has 0 spiro atoms. The van der Waals surface area contributed by atoms with Gasteiger partial charge in [0, 0.05) is 0 Å². The molecule has 0 saturated carbocycles. The molecule has 1 radical (unpaired) electrons. The monoisotopic (exact) mass is 183 g/mol. The first-order valence-corrected chi connectivity index (χ1v) is 3.77. The molecule has 4 heteroatoms. The third-order valence-electron chi connectivity index (χ3n) is 1.26. The number of aliphatic hydroxyl groups excluding tert-OH is 2. The summed E-state index contributed by atoms with van der Waals surface area (Å²) in [6, 6.07) is 0. The summed E-state index contributed by atoms with van der Waals surface area (Å²) in [5.74, 6) is 0. The first-order chi connectivity index (χ1) is 6.13. The summed E-state index contributed by atoms with van der Waals surface area (Å²) in [7, 11) is 0. The molecule has 0 bridgehead atoms.